The highest BCUT2D eigenvalue weighted by atomic mass is 32.1. The van der Waals surface area contributed by atoms with Gasteiger partial charge in [-0.25, -0.2) is 0 Å². The minimum Gasteiger partial charge on any atom is -0.265 e. The van der Waals surface area contributed by atoms with E-state index in [0.29, 0.717) is 0 Å². The Labute approximate surface area is 143 Å². The number of benzene rings is 1. The Kier molecular flexibility index (Phi) is 3.28. The van der Waals surface area contributed by atoms with Crippen LogP contribution in [0.4, 0.5) is 0 Å². The highest BCUT2D eigenvalue weighted by Crippen LogP contribution is 2.30. The molecule has 0 unspecified atom stereocenters. The molecule has 0 radical (unpaired) electrons. The maximum absolute atomic E-state index is 4.72. The van der Waals surface area contributed by atoms with Crippen LogP contribution in [0.5, 0.6) is 0 Å². The van der Waals surface area contributed by atoms with Crippen LogP contribution in [-0.2, 0) is 12.5 Å². The first kappa shape index (κ1) is 15.0. The summed E-state index contributed by atoms with van der Waals surface area (Å²) < 4.78 is 3.69. The molecule has 0 N–H and O–H groups in total. The van der Waals surface area contributed by atoms with E-state index in [1.165, 1.54) is 11.3 Å². The van der Waals surface area contributed by atoms with Gasteiger partial charge in [0.1, 0.15) is 0 Å². The number of hydrogen-bond donors (Lipinski definition) is 0. The summed E-state index contributed by atoms with van der Waals surface area (Å²) in [5, 5.41) is 18.8. The first-order valence-corrected chi connectivity index (χ1v) is 8.58. The van der Waals surface area contributed by atoms with Crippen LogP contribution in [-0.4, -0.2) is 29.6 Å². The number of nitrogens with zero attached hydrogens (tertiary/aromatic N) is 6. The van der Waals surface area contributed by atoms with Crippen molar-refractivity contribution in [1.29, 1.82) is 0 Å². The summed E-state index contributed by atoms with van der Waals surface area (Å²) in [7, 11) is 1.95. The maximum atomic E-state index is 4.72. The van der Waals surface area contributed by atoms with Crippen LogP contribution in [0, 0.1) is 0 Å². The Balaban J connectivity index is 1.83. The van der Waals surface area contributed by atoms with Gasteiger partial charge in [-0.15, -0.1) is 10.2 Å². The third-order valence-electron chi connectivity index (χ3n) is 3.89. The van der Waals surface area contributed by atoms with Gasteiger partial charge in [0.15, 0.2) is 10.8 Å². The van der Waals surface area contributed by atoms with Gasteiger partial charge in [-0.05, 0) is 6.07 Å². The van der Waals surface area contributed by atoms with Crippen LogP contribution < -0.4 is 0 Å². The lowest BCUT2D eigenvalue weighted by molar-refractivity contribution is 0.553. The standard InChI is InChI=1S/C17H18N6S/c1-17(2,3)13-10-12(22(4)20-13)15-21-23-14(18-19-16(23)24-15)11-8-6-5-7-9-11/h5-10H,1-4H3. The molecule has 4 aromatic rings. The van der Waals surface area contributed by atoms with E-state index >= 15 is 0 Å². The molecule has 0 aliphatic heterocycles. The predicted molar refractivity (Wildman–Crippen MR) is 95.0 cm³/mol. The molecule has 7 heteroatoms. The van der Waals surface area contributed by atoms with Gasteiger partial charge in [-0.1, -0.05) is 62.4 Å². The molecule has 6 nitrogen and oxygen atoms in total. The summed E-state index contributed by atoms with van der Waals surface area (Å²) in [6.07, 6.45) is 0. The second-order valence-corrected chi connectivity index (χ2v) is 7.74. The van der Waals surface area contributed by atoms with Crippen LogP contribution in [0.15, 0.2) is 36.4 Å². The summed E-state index contributed by atoms with van der Waals surface area (Å²) in [6, 6.07) is 12.1. The highest BCUT2D eigenvalue weighted by molar-refractivity contribution is 7.19. The Hall–Kier alpha value is -2.54. The molecule has 0 spiro atoms. The van der Waals surface area contributed by atoms with E-state index in [1.807, 2.05) is 42.1 Å². The van der Waals surface area contributed by atoms with Crippen LogP contribution in [0.3, 0.4) is 0 Å². The van der Waals surface area contributed by atoms with Gasteiger partial charge in [-0.3, -0.25) is 4.68 Å². The van der Waals surface area contributed by atoms with E-state index in [-0.39, 0.29) is 5.41 Å². The van der Waals surface area contributed by atoms with Gasteiger partial charge in [0, 0.05) is 18.0 Å². The maximum Gasteiger partial charge on any atom is 0.235 e. The van der Waals surface area contributed by atoms with Gasteiger partial charge in [-0.2, -0.15) is 14.7 Å². The molecule has 3 aromatic heterocycles. The predicted octanol–water partition coefficient (Wildman–Crippen LogP) is 3.55. The highest BCUT2D eigenvalue weighted by Gasteiger charge is 2.22. The van der Waals surface area contributed by atoms with E-state index in [0.717, 1.165) is 32.7 Å². The second-order valence-electron chi connectivity index (χ2n) is 6.78. The Morgan fingerprint density at radius 1 is 1.00 bits per heavy atom. The minimum absolute atomic E-state index is 0.00414. The summed E-state index contributed by atoms with van der Waals surface area (Å²) in [4.78, 5) is 0.780. The number of hydrogen-bond acceptors (Lipinski definition) is 5. The Morgan fingerprint density at radius 2 is 1.75 bits per heavy atom. The summed E-state index contributed by atoms with van der Waals surface area (Å²) in [6.45, 7) is 6.47. The molecule has 0 amide bonds. The number of aryl methyl sites for hydroxylation is 1. The zero-order chi connectivity index (χ0) is 16.9. The fourth-order valence-corrected chi connectivity index (χ4v) is 3.41. The first-order valence-electron chi connectivity index (χ1n) is 7.76. The van der Waals surface area contributed by atoms with Crippen LogP contribution in [0.2, 0.25) is 0 Å². The average Bonchev–Trinajstić information content (AvgIpc) is 3.20. The topological polar surface area (TPSA) is 60.9 Å². The van der Waals surface area contributed by atoms with Crippen molar-refractivity contribution in [1.82, 2.24) is 29.6 Å². The molecular weight excluding hydrogens is 320 g/mol. The molecule has 0 saturated carbocycles. The Bertz CT molecular complexity index is 1000. The molecule has 0 atom stereocenters. The SMILES string of the molecule is Cn1nc(C(C)(C)C)cc1-c1nn2c(-c3ccccc3)nnc2s1. The van der Waals surface area contributed by atoms with Gasteiger partial charge >= 0.3 is 0 Å². The fraction of sp³-hybridized carbons (Fsp3) is 0.294. The van der Waals surface area contributed by atoms with Gasteiger partial charge < -0.3 is 0 Å². The average molecular weight is 338 g/mol. The largest absolute Gasteiger partial charge is 0.265 e. The molecule has 0 aliphatic rings. The number of fused-ring (bicyclic) bond motifs is 1. The van der Waals surface area contributed by atoms with Gasteiger partial charge in [0.25, 0.3) is 0 Å². The first-order chi connectivity index (χ1) is 11.4. The molecule has 1 aromatic carbocycles. The monoisotopic (exact) mass is 338 g/mol. The molecule has 0 saturated heterocycles. The lowest BCUT2D eigenvalue weighted by Gasteiger charge is -2.13. The minimum atomic E-state index is 0.00414. The molecule has 24 heavy (non-hydrogen) atoms. The van der Waals surface area contributed by atoms with E-state index < -0.39 is 0 Å². The van der Waals surface area contributed by atoms with Crippen molar-refractivity contribution in [3.05, 3.63) is 42.1 Å². The van der Waals surface area contributed by atoms with Crippen molar-refractivity contribution >= 4 is 16.3 Å². The molecule has 0 bridgehead atoms. The second kappa shape index (κ2) is 5.24. The molecule has 122 valence electrons. The van der Waals surface area contributed by atoms with Crippen molar-refractivity contribution < 1.29 is 0 Å². The normalized spacial score (nSPS) is 12.2. The van der Waals surface area contributed by atoms with E-state index in [9.17, 15) is 0 Å². The Morgan fingerprint density at radius 3 is 2.42 bits per heavy atom. The van der Waals surface area contributed by atoms with Crippen molar-refractivity contribution in [3.63, 3.8) is 0 Å². The van der Waals surface area contributed by atoms with Crippen molar-refractivity contribution in [2.75, 3.05) is 0 Å². The van der Waals surface area contributed by atoms with Crippen molar-refractivity contribution in [3.8, 4) is 22.1 Å². The van der Waals surface area contributed by atoms with Crippen molar-refractivity contribution in [2.24, 2.45) is 7.05 Å². The fourth-order valence-electron chi connectivity index (χ4n) is 2.52. The van der Waals surface area contributed by atoms with Gasteiger partial charge in [0.05, 0.1) is 11.4 Å². The van der Waals surface area contributed by atoms with Crippen molar-refractivity contribution in [2.45, 2.75) is 26.2 Å². The number of rotatable bonds is 2. The summed E-state index contributed by atoms with van der Waals surface area (Å²) >= 11 is 1.52. The molecular formula is C17H18N6S. The smallest absolute Gasteiger partial charge is 0.235 e. The molecule has 0 fully saturated rings. The summed E-state index contributed by atoms with van der Waals surface area (Å²) in [5.41, 5.74) is 3.05. The van der Waals surface area contributed by atoms with Gasteiger partial charge in [0.2, 0.25) is 4.96 Å². The lowest BCUT2D eigenvalue weighted by atomic mass is 9.92. The molecule has 3 heterocycles. The molecule has 4 rings (SSSR count). The van der Waals surface area contributed by atoms with Crippen LogP contribution in [0.1, 0.15) is 26.5 Å². The van der Waals surface area contributed by atoms with E-state index in [1.54, 1.807) is 4.52 Å². The van der Waals surface area contributed by atoms with Crippen LogP contribution >= 0.6 is 11.3 Å². The zero-order valence-corrected chi connectivity index (χ0v) is 14.9. The third kappa shape index (κ3) is 2.41. The summed E-state index contributed by atoms with van der Waals surface area (Å²) in [5.74, 6) is 0.756. The number of aromatic nitrogens is 6. The molecule has 0 aliphatic carbocycles. The van der Waals surface area contributed by atoms with E-state index in [4.69, 9.17) is 5.10 Å². The third-order valence-corrected chi connectivity index (χ3v) is 4.81. The zero-order valence-electron chi connectivity index (χ0n) is 14.1. The van der Waals surface area contributed by atoms with E-state index in [2.05, 4.69) is 42.1 Å². The lowest BCUT2D eigenvalue weighted by Crippen LogP contribution is -2.12. The van der Waals surface area contributed by atoms with Crippen LogP contribution in [0.25, 0.3) is 27.1 Å². The quantitative estimate of drug-likeness (QED) is 0.561.